The average Bonchev–Trinajstić information content (AvgIpc) is 2.73. The molecule has 166 valence electrons. The Kier molecular flexibility index (Phi) is 7.25. The number of hydrogen-bond acceptors (Lipinski definition) is 4. The van der Waals surface area contributed by atoms with Crippen molar-refractivity contribution in [2.45, 2.75) is 64.1 Å². The van der Waals surface area contributed by atoms with Crippen LogP contribution in [0.4, 0.5) is 9.18 Å². The summed E-state index contributed by atoms with van der Waals surface area (Å²) >= 11 is 0. The van der Waals surface area contributed by atoms with Gasteiger partial charge in [-0.15, -0.1) is 0 Å². The van der Waals surface area contributed by atoms with Crippen LogP contribution in [0.2, 0.25) is 0 Å². The van der Waals surface area contributed by atoms with Gasteiger partial charge in [-0.3, -0.25) is 9.78 Å². The molecule has 1 aliphatic heterocycles. The zero-order valence-electron chi connectivity index (χ0n) is 18.3. The first kappa shape index (κ1) is 22.7. The minimum Gasteiger partial charge on any atom is -0.444 e. The number of benzene rings is 1. The fraction of sp³-hybridized carbons (Fsp3) is 0.458. The fourth-order valence-corrected chi connectivity index (χ4v) is 3.82. The summed E-state index contributed by atoms with van der Waals surface area (Å²) in [5.41, 5.74) is 1.05. The van der Waals surface area contributed by atoms with E-state index >= 15 is 0 Å². The molecule has 0 bridgehead atoms. The van der Waals surface area contributed by atoms with Crippen LogP contribution in [0.3, 0.4) is 0 Å². The summed E-state index contributed by atoms with van der Waals surface area (Å²) < 4.78 is 18.7. The molecule has 1 N–H and O–H groups in total. The molecule has 7 heteroatoms. The van der Waals surface area contributed by atoms with Crippen LogP contribution in [0.1, 0.15) is 57.2 Å². The molecule has 2 heterocycles. The molecule has 2 atom stereocenters. The largest absolute Gasteiger partial charge is 0.444 e. The highest BCUT2D eigenvalue weighted by molar-refractivity contribution is 5.86. The third kappa shape index (κ3) is 6.51. The SMILES string of the molecule is CC(C)(C)OC(=O)N[C@@H](Cc1ccc(F)cc1)C(=O)N1CCCC[C@@H]1c1cccnc1. The first-order valence-corrected chi connectivity index (χ1v) is 10.7. The molecule has 0 saturated carbocycles. The second kappa shape index (κ2) is 9.90. The summed E-state index contributed by atoms with van der Waals surface area (Å²) in [5, 5.41) is 2.74. The van der Waals surface area contributed by atoms with Crippen molar-refractivity contribution in [1.29, 1.82) is 0 Å². The monoisotopic (exact) mass is 427 g/mol. The van der Waals surface area contributed by atoms with Crippen molar-refractivity contribution in [3.63, 3.8) is 0 Å². The highest BCUT2D eigenvalue weighted by Crippen LogP contribution is 2.31. The van der Waals surface area contributed by atoms with E-state index in [1.807, 2.05) is 17.0 Å². The number of ether oxygens (including phenoxy) is 1. The third-order valence-electron chi connectivity index (χ3n) is 5.20. The molecule has 2 aromatic rings. The number of amides is 2. The Bertz CT molecular complexity index is 881. The van der Waals surface area contributed by atoms with Crippen molar-refractivity contribution >= 4 is 12.0 Å². The van der Waals surface area contributed by atoms with Gasteiger partial charge in [0.15, 0.2) is 0 Å². The molecule has 1 aliphatic rings. The lowest BCUT2D eigenvalue weighted by atomic mass is 9.94. The highest BCUT2D eigenvalue weighted by Gasteiger charge is 2.34. The van der Waals surface area contributed by atoms with E-state index in [1.165, 1.54) is 12.1 Å². The molecule has 0 unspecified atom stereocenters. The van der Waals surface area contributed by atoms with Crippen molar-refractivity contribution in [2.24, 2.45) is 0 Å². The van der Waals surface area contributed by atoms with E-state index in [4.69, 9.17) is 4.74 Å². The van der Waals surface area contributed by atoms with E-state index in [9.17, 15) is 14.0 Å². The first-order chi connectivity index (χ1) is 14.7. The maximum atomic E-state index is 13.6. The Balaban J connectivity index is 1.84. The summed E-state index contributed by atoms with van der Waals surface area (Å²) in [5.74, 6) is -0.525. The number of carbonyl (C=O) groups is 2. The van der Waals surface area contributed by atoms with Gasteiger partial charge in [0.25, 0.3) is 0 Å². The van der Waals surface area contributed by atoms with Crippen molar-refractivity contribution in [3.05, 3.63) is 65.7 Å². The van der Waals surface area contributed by atoms with Gasteiger partial charge in [-0.05, 0) is 69.4 Å². The van der Waals surface area contributed by atoms with Crippen molar-refractivity contribution in [3.8, 4) is 0 Å². The number of aromatic nitrogens is 1. The normalized spacial score (nSPS) is 17.7. The number of alkyl carbamates (subject to hydrolysis) is 1. The molecular formula is C24H30FN3O3. The molecule has 31 heavy (non-hydrogen) atoms. The van der Waals surface area contributed by atoms with Crippen molar-refractivity contribution < 1.29 is 18.7 Å². The van der Waals surface area contributed by atoms with E-state index < -0.39 is 17.7 Å². The van der Waals surface area contributed by atoms with Gasteiger partial charge < -0.3 is 15.0 Å². The Morgan fingerprint density at radius 2 is 1.97 bits per heavy atom. The van der Waals surface area contributed by atoms with E-state index in [0.717, 1.165) is 30.4 Å². The molecule has 2 amide bonds. The quantitative estimate of drug-likeness (QED) is 0.767. The van der Waals surface area contributed by atoms with Gasteiger partial charge in [-0.25, -0.2) is 9.18 Å². The van der Waals surface area contributed by atoms with Crippen LogP contribution in [-0.2, 0) is 16.0 Å². The molecule has 0 aliphatic carbocycles. The van der Waals surface area contributed by atoms with E-state index in [-0.39, 0.29) is 24.2 Å². The molecule has 1 aromatic heterocycles. The second-order valence-electron chi connectivity index (χ2n) is 8.86. The summed E-state index contributed by atoms with van der Waals surface area (Å²) in [6, 6.07) is 8.88. The molecular weight excluding hydrogens is 397 g/mol. The molecule has 1 aromatic carbocycles. The number of halogens is 1. The van der Waals surface area contributed by atoms with Crippen LogP contribution in [0, 0.1) is 5.82 Å². The lowest BCUT2D eigenvalue weighted by molar-refractivity contribution is -0.137. The van der Waals surface area contributed by atoms with Crippen LogP contribution in [0.15, 0.2) is 48.8 Å². The smallest absolute Gasteiger partial charge is 0.408 e. The molecule has 3 rings (SSSR count). The van der Waals surface area contributed by atoms with Crippen LogP contribution in [0.25, 0.3) is 0 Å². The Labute approximate surface area is 182 Å². The zero-order chi connectivity index (χ0) is 22.4. The van der Waals surface area contributed by atoms with Gasteiger partial charge in [-0.2, -0.15) is 0 Å². The predicted molar refractivity (Wildman–Crippen MR) is 116 cm³/mol. The van der Waals surface area contributed by atoms with Gasteiger partial charge in [0, 0.05) is 25.4 Å². The van der Waals surface area contributed by atoms with E-state index in [1.54, 1.807) is 45.3 Å². The minimum absolute atomic E-state index is 0.0916. The number of pyridine rings is 1. The van der Waals surface area contributed by atoms with Crippen LogP contribution >= 0.6 is 0 Å². The minimum atomic E-state index is -0.822. The standard InChI is InChI=1S/C24H30FN3O3/c1-24(2,3)31-23(30)27-20(15-17-9-11-19(25)12-10-17)22(29)28-14-5-4-8-21(28)18-7-6-13-26-16-18/h6-7,9-13,16,20-21H,4-5,8,14-15H2,1-3H3,(H,27,30)/t20-,21+/m0/s1. The fourth-order valence-electron chi connectivity index (χ4n) is 3.82. The number of piperidine rings is 1. The highest BCUT2D eigenvalue weighted by atomic mass is 19.1. The lowest BCUT2D eigenvalue weighted by Gasteiger charge is -2.38. The summed E-state index contributed by atoms with van der Waals surface area (Å²) in [6.07, 6.45) is 5.85. The Morgan fingerprint density at radius 1 is 1.23 bits per heavy atom. The molecule has 1 saturated heterocycles. The summed E-state index contributed by atoms with van der Waals surface area (Å²) in [7, 11) is 0. The van der Waals surface area contributed by atoms with Crippen LogP contribution in [-0.4, -0.2) is 40.1 Å². The molecule has 1 fully saturated rings. The molecule has 6 nitrogen and oxygen atoms in total. The third-order valence-corrected chi connectivity index (χ3v) is 5.20. The summed E-state index contributed by atoms with van der Waals surface area (Å²) in [6.45, 7) is 5.92. The van der Waals surface area contributed by atoms with Crippen LogP contribution in [0.5, 0.6) is 0 Å². The van der Waals surface area contributed by atoms with Gasteiger partial charge in [0.1, 0.15) is 17.5 Å². The zero-order valence-corrected chi connectivity index (χ0v) is 18.3. The van der Waals surface area contributed by atoms with Gasteiger partial charge in [0.2, 0.25) is 5.91 Å². The topological polar surface area (TPSA) is 71.5 Å². The number of likely N-dealkylation sites (tertiary alicyclic amines) is 1. The summed E-state index contributed by atoms with van der Waals surface area (Å²) in [4.78, 5) is 32.1. The van der Waals surface area contributed by atoms with Gasteiger partial charge in [0.05, 0.1) is 6.04 Å². The number of rotatable bonds is 5. The number of nitrogens with one attached hydrogen (secondary N) is 1. The Morgan fingerprint density at radius 3 is 2.61 bits per heavy atom. The molecule has 0 spiro atoms. The predicted octanol–water partition coefficient (Wildman–Crippen LogP) is 4.41. The molecule has 0 radical (unpaired) electrons. The van der Waals surface area contributed by atoms with E-state index in [0.29, 0.717) is 6.54 Å². The number of hydrogen-bond donors (Lipinski definition) is 1. The van der Waals surface area contributed by atoms with Gasteiger partial charge in [-0.1, -0.05) is 18.2 Å². The van der Waals surface area contributed by atoms with Crippen molar-refractivity contribution in [1.82, 2.24) is 15.2 Å². The van der Waals surface area contributed by atoms with Crippen LogP contribution < -0.4 is 5.32 Å². The Hall–Kier alpha value is -2.96. The second-order valence-corrected chi connectivity index (χ2v) is 8.86. The van der Waals surface area contributed by atoms with Crippen molar-refractivity contribution in [2.75, 3.05) is 6.54 Å². The lowest BCUT2D eigenvalue weighted by Crippen LogP contribution is -2.52. The maximum absolute atomic E-state index is 13.6. The average molecular weight is 428 g/mol. The maximum Gasteiger partial charge on any atom is 0.408 e. The number of carbonyl (C=O) groups excluding carboxylic acids is 2. The first-order valence-electron chi connectivity index (χ1n) is 10.7. The van der Waals surface area contributed by atoms with Gasteiger partial charge >= 0.3 is 6.09 Å². The number of nitrogens with zero attached hydrogens (tertiary/aromatic N) is 2. The van der Waals surface area contributed by atoms with E-state index in [2.05, 4.69) is 10.3 Å².